The maximum atomic E-state index is 12.0. The van der Waals surface area contributed by atoms with Gasteiger partial charge in [-0.05, 0) is 18.2 Å². The van der Waals surface area contributed by atoms with Crippen LogP contribution in [-0.4, -0.2) is 36.5 Å². The number of methoxy groups -OCH3 is 1. The Morgan fingerprint density at radius 2 is 2.20 bits per heavy atom. The van der Waals surface area contributed by atoms with Crippen LogP contribution in [0.1, 0.15) is 16.8 Å². The van der Waals surface area contributed by atoms with Gasteiger partial charge in [0, 0.05) is 13.0 Å². The molecule has 1 atom stereocenters. The fraction of sp³-hybridized carbons (Fsp3) is 0.308. The molecule has 1 aliphatic rings. The first-order valence-electron chi connectivity index (χ1n) is 6.00. The number of nitrogens with one attached hydrogen (secondary N) is 2. The van der Waals surface area contributed by atoms with Crippen molar-refractivity contribution in [3.05, 3.63) is 23.8 Å². The number of anilines is 1. The van der Waals surface area contributed by atoms with Crippen molar-refractivity contribution >= 4 is 23.5 Å². The summed E-state index contributed by atoms with van der Waals surface area (Å²) in [6.07, 6.45) is 0.132. The molecule has 7 heteroatoms. The van der Waals surface area contributed by atoms with Crippen LogP contribution in [0.15, 0.2) is 18.2 Å². The van der Waals surface area contributed by atoms with Gasteiger partial charge in [-0.15, -0.1) is 0 Å². The number of benzene rings is 1. The van der Waals surface area contributed by atoms with Crippen molar-refractivity contribution in [1.29, 1.82) is 0 Å². The number of carbonyl (C=O) groups excluding carboxylic acids is 2. The Balaban J connectivity index is 2.18. The van der Waals surface area contributed by atoms with E-state index in [0.29, 0.717) is 5.75 Å². The number of rotatable bonds is 4. The van der Waals surface area contributed by atoms with Gasteiger partial charge in [0.25, 0.3) is 0 Å². The molecule has 0 aromatic heterocycles. The van der Waals surface area contributed by atoms with Crippen LogP contribution in [0.3, 0.4) is 0 Å². The van der Waals surface area contributed by atoms with Crippen molar-refractivity contribution in [2.45, 2.75) is 6.42 Å². The lowest BCUT2D eigenvalue weighted by Gasteiger charge is -2.13. The van der Waals surface area contributed by atoms with E-state index in [2.05, 4.69) is 10.6 Å². The third kappa shape index (κ3) is 2.87. The second-order valence-corrected chi connectivity index (χ2v) is 4.41. The quantitative estimate of drug-likeness (QED) is 0.742. The van der Waals surface area contributed by atoms with Crippen molar-refractivity contribution in [3.63, 3.8) is 0 Å². The van der Waals surface area contributed by atoms with E-state index in [1.807, 2.05) is 0 Å². The number of ether oxygens (including phenoxy) is 1. The van der Waals surface area contributed by atoms with Gasteiger partial charge in [-0.1, -0.05) is 0 Å². The zero-order valence-electron chi connectivity index (χ0n) is 10.8. The normalized spacial score (nSPS) is 17.4. The zero-order chi connectivity index (χ0) is 14.7. The molecule has 20 heavy (non-hydrogen) atoms. The highest BCUT2D eigenvalue weighted by Gasteiger charge is 2.28. The lowest BCUT2D eigenvalue weighted by molar-refractivity contribution is -0.123. The molecule has 106 valence electrons. The van der Waals surface area contributed by atoms with Crippen LogP contribution >= 0.6 is 0 Å². The van der Waals surface area contributed by atoms with Crippen molar-refractivity contribution in [2.75, 3.05) is 19.0 Å². The SMILES string of the molecule is COc1ccc(C(=O)O)cc1NC(=O)C1CNC(=O)C1. The Hall–Kier alpha value is -2.57. The number of aromatic carboxylic acids is 1. The lowest BCUT2D eigenvalue weighted by atomic mass is 10.1. The Morgan fingerprint density at radius 3 is 2.75 bits per heavy atom. The molecule has 1 unspecified atom stereocenters. The van der Waals surface area contributed by atoms with Gasteiger partial charge in [-0.2, -0.15) is 0 Å². The van der Waals surface area contributed by atoms with Crippen LogP contribution in [0.5, 0.6) is 5.75 Å². The van der Waals surface area contributed by atoms with E-state index < -0.39 is 11.9 Å². The minimum Gasteiger partial charge on any atom is -0.495 e. The molecule has 2 rings (SSSR count). The van der Waals surface area contributed by atoms with Crippen LogP contribution in [0.25, 0.3) is 0 Å². The molecule has 1 heterocycles. The first kappa shape index (κ1) is 13.9. The van der Waals surface area contributed by atoms with Crippen LogP contribution in [0.2, 0.25) is 0 Å². The highest BCUT2D eigenvalue weighted by molar-refractivity contribution is 5.99. The summed E-state index contributed by atoms with van der Waals surface area (Å²) < 4.78 is 5.07. The first-order valence-corrected chi connectivity index (χ1v) is 6.00. The maximum Gasteiger partial charge on any atom is 0.335 e. The minimum atomic E-state index is -1.10. The second-order valence-electron chi connectivity index (χ2n) is 4.41. The van der Waals surface area contributed by atoms with Crippen molar-refractivity contribution in [1.82, 2.24) is 5.32 Å². The molecular formula is C13H14N2O5. The van der Waals surface area contributed by atoms with Crippen molar-refractivity contribution < 1.29 is 24.2 Å². The summed E-state index contributed by atoms with van der Waals surface area (Å²) in [5.74, 6) is -1.71. The smallest absolute Gasteiger partial charge is 0.335 e. The summed E-state index contributed by atoms with van der Waals surface area (Å²) in [7, 11) is 1.42. The summed E-state index contributed by atoms with van der Waals surface area (Å²) in [5.41, 5.74) is 0.318. The Kier molecular flexibility index (Phi) is 3.88. The summed E-state index contributed by atoms with van der Waals surface area (Å²) in [4.78, 5) is 34.0. The fourth-order valence-electron chi connectivity index (χ4n) is 1.96. The van der Waals surface area contributed by atoms with Gasteiger partial charge in [0.1, 0.15) is 5.75 Å². The van der Waals surface area contributed by atoms with Crippen molar-refractivity contribution in [3.8, 4) is 5.75 Å². The van der Waals surface area contributed by atoms with Gasteiger partial charge < -0.3 is 20.5 Å². The average molecular weight is 278 g/mol. The summed E-state index contributed by atoms with van der Waals surface area (Å²) in [6.45, 7) is 0.283. The number of carboxylic acids is 1. The second kappa shape index (κ2) is 5.60. The molecular weight excluding hydrogens is 264 g/mol. The number of amides is 2. The van der Waals surface area contributed by atoms with Crippen LogP contribution < -0.4 is 15.4 Å². The third-order valence-corrected chi connectivity index (χ3v) is 3.05. The van der Waals surface area contributed by atoms with Gasteiger partial charge in [-0.25, -0.2) is 4.79 Å². The molecule has 1 aromatic rings. The predicted molar refractivity (Wildman–Crippen MR) is 69.7 cm³/mol. The first-order chi connectivity index (χ1) is 9.51. The number of hydrogen-bond acceptors (Lipinski definition) is 4. The largest absolute Gasteiger partial charge is 0.495 e. The highest BCUT2D eigenvalue weighted by Crippen LogP contribution is 2.26. The molecule has 7 nitrogen and oxygen atoms in total. The summed E-state index contributed by atoms with van der Waals surface area (Å²) in [6, 6.07) is 4.18. The number of hydrogen-bond donors (Lipinski definition) is 3. The molecule has 1 aliphatic heterocycles. The average Bonchev–Trinajstić information content (AvgIpc) is 2.85. The standard InChI is InChI=1S/C13H14N2O5/c1-20-10-3-2-7(13(18)19)4-9(10)15-12(17)8-5-11(16)14-6-8/h2-4,8H,5-6H2,1H3,(H,14,16)(H,15,17)(H,18,19). The van der Waals surface area contributed by atoms with Crippen LogP contribution in [-0.2, 0) is 9.59 Å². The van der Waals surface area contributed by atoms with Gasteiger partial charge in [-0.3, -0.25) is 9.59 Å². The molecule has 1 aromatic carbocycles. The molecule has 0 radical (unpaired) electrons. The fourth-order valence-corrected chi connectivity index (χ4v) is 1.96. The monoisotopic (exact) mass is 278 g/mol. The zero-order valence-corrected chi connectivity index (χ0v) is 10.8. The highest BCUT2D eigenvalue weighted by atomic mass is 16.5. The van der Waals surface area contributed by atoms with E-state index in [9.17, 15) is 14.4 Å². The molecule has 1 fully saturated rings. The van der Waals surface area contributed by atoms with E-state index in [1.165, 1.54) is 25.3 Å². The molecule has 3 N–H and O–H groups in total. The molecule has 0 bridgehead atoms. The molecule has 2 amide bonds. The molecule has 1 saturated heterocycles. The van der Waals surface area contributed by atoms with E-state index >= 15 is 0 Å². The maximum absolute atomic E-state index is 12.0. The Bertz CT molecular complexity index is 570. The Labute approximate surface area is 114 Å². The van der Waals surface area contributed by atoms with E-state index in [4.69, 9.17) is 9.84 Å². The topological polar surface area (TPSA) is 105 Å². The van der Waals surface area contributed by atoms with E-state index in [0.717, 1.165) is 0 Å². The van der Waals surface area contributed by atoms with Gasteiger partial charge >= 0.3 is 5.97 Å². The van der Waals surface area contributed by atoms with E-state index in [1.54, 1.807) is 0 Å². The van der Waals surface area contributed by atoms with Crippen molar-refractivity contribution in [2.24, 2.45) is 5.92 Å². The predicted octanol–water partition coefficient (Wildman–Crippen LogP) is 0.468. The molecule has 0 aliphatic carbocycles. The molecule has 0 saturated carbocycles. The summed E-state index contributed by atoms with van der Waals surface area (Å²) in [5, 5.41) is 14.1. The van der Waals surface area contributed by atoms with Gasteiger partial charge in [0.2, 0.25) is 11.8 Å². The Morgan fingerprint density at radius 1 is 1.45 bits per heavy atom. The molecule has 0 spiro atoms. The number of carboxylic acid groups (broad SMARTS) is 1. The summed E-state index contributed by atoms with van der Waals surface area (Å²) >= 11 is 0. The van der Waals surface area contributed by atoms with Gasteiger partial charge in [0.15, 0.2) is 0 Å². The third-order valence-electron chi connectivity index (χ3n) is 3.05. The number of carbonyl (C=O) groups is 3. The van der Waals surface area contributed by atoms with Gasteiger partial charge in [0.05, 0.1) is 24.3 Å². The van der Waals surface area contributed by atoms with Crippen LogP contribution in [0.4, 0.5) is 5.69 Å². The van der Waals surface area contributed by atoms with E-state index in [-0.39, 0.29) is 36.0 Å². The minimum absolute atomic E-state index is 0.0433. The lowest BCUT2D eigenvalue weighted by Crippen LogP contribution is -2.25. The van der Waals surface area contributed by atoms with Crippen LogP contribution in [0, 0.1) is 5.92 Å².